The van der Waals surface area contributed by atoms with Gasteiger partial charge in [-0.3, -0.25) is 0 Å². The van der Waals surface area contributed by atoms with Crippen LogP contribution in [-0.4, -0.2) is 22.9 Å². The molecule has 2 aromatic rings. The van der Waals surface area contributed by atoms with Crippen LogP contribution in [0.5, 0.6) is 0 Å². The monoisotopic (exact) mass is 330 g/mol. The molecule has 2 N–H and O–H groups in total. The number of aliphatic hydroxyl groups is 2. The standard InChI is InChI=1S/C19H23O3P/c1-15(2)19(13-16(21)14-20)23(22,17-9-5-3-6-10-17)18-11-7-4-8-12-18/h3-13,15-16,20-21H,14H2,1-2H3/b19-13+/t16-/m0/s1. The number of benzene rings is 2. The molecule has 122 valence electrons. The minimum absolute atomic E-state index is 0.0255. The summed E-state index contributed by atoms with van der Waals surface area (Å²) in [4.78, 5) is 0. The third kappa shape index (κ3) is 3.81. The fourth-order valence-electron chi connectivity index (χ4n) is 2.63. The summed E-state index contributed by atoms with van der Waals surface area (Å²) >= 11 is 0. The lowest BCUT2D eigenvalue weighted by Gasteiger charge is -2.26. The molecule has 1 atom stereocenters. The molecule has 0 aliphatic carbocycles. The molecule has 0 heterocycles. The summed E-state index contributed by atoms with van der Waals surface area (Å²) in [6.45, 7) is 3.52. The van der Waals surface area contributed by atoms with Crippen molar-refractivity contribution >= 4 is 17.8 Å². The van der Waals surface area contributed by atoms with Crippen molar-refractivity contribution < 1.29 is 14.8 Å². The van der Waals surface area contributed by atoms with Crippen LogP contribution >= 0.6 is 7.14 Å². The fourth-order valence-corrected chi connectivity index (χ4v) is 5.82. The lowest BCUT2D eigenvalue weighted by Crippen LogP contribution is -2.21. The maximum atomic E-state index is 14.1. The van der Waals surface area contributed by atoms with Crippen molar-refractivity contribution in [2.45, 2.75) is 20.0 Å². The van der Waals surface area contributed by atoms with Gasteiger partial charge >= 0.3 is 0 Å². The highest BCUT2D eigenvalue weighted by atomic mass is 31.2. The highest BCUT2D eigenvalue weighted by Gasteiger charge is 2.33. The number of hydrogen-bond acceptors (Lipinski definition) is 3. The van der Waals surface area contributed by atoms with Crippen LogP contribution in [-0.2, 0) is 4.57 Å². The van der Waals surface area contributed by atoms with Gasteiger partial charge in [0.05, 0.1) is 12.7 Å². The molecule has 0 saturated heterocycles. The minimum Gasteiger partial charge on any atom is -0.393 e. The molecule has 0 unspecified atom stereocenters. The van der Waals surface area contributed by atoms with Crippen molar-refractivity contribution in [3.8, 4) is 0 Å². The molecule has 4 heteroatoms. The largest absolute Gasteiger partial charge is 0.393 e. The summed E-state index contributed by atoms with van der Waals surface area (Å²) in [6, 6.07) is 18.7. The third-order valence-corrected chi connectivity index (χ3v) is 7.19. The van der Waals surface area contributed by atoms with Crippen molar-refractivity contribution in [3.63, 3.8) is 0 Å². The Kier molecular flexibility index (Phi) is 5.95. The van der Waals surface area contributed by atoms with Crippen molar-refractivity contribution in [2.24, 2.45) is 5.92 Å². The van der Waals surface area contributed by atoms with E-state index >= 15 is 0 Å². The molecule has 0 aromatic heterocycles. The van der Waals surface area contributed by atoms with Crippen LogP contribution < -0.4 is 10.6 Å². The molecule has 0 fully saturated rings. The van der Waals surface area contributed by atoms with Gasteiger partial charge in [0.1, 0.15) is 0 Å². The van der Waals surface area contributed by atoms with Crippen LogP contribution in [0.25, 0.3) is 0 Å². The van der Waals surface area contributed by atoms with Crippen LogP contribution in [0.3, 0.4) is 0 Å². The lowest BCUT2D eigenvalue weighted by atomic mass is 10.2. The Hall–Kier alpha value is -1.67. The van der Waals surface area contributed by atoms with Crippen LogP contribution in [0.15, 0.2) is 72.1 Å². The Labute approximate surface area is 137 Å². The molecule has 0 bridgehead atoms. The van der Waals surface area contributed by atoms with E-state index in [0.29, 0.717) is 5.31 Å². The van der Waals surface area contributed by atoms with E-state index in [1.807, 2.05) is 74.5 Å². The summed E-state index contributed by atoms with van der Waals surface area (Å²) in [5.74, 6) is -0.0255. The molecule has 2 aromatic carbocycles. The lowest BCUT2D eigenvalue weighted by molar-refractivity contribution is 0.130. The van der Waals surface area contributed by atoms with Gasteiger partial charge in [0.25, 0.3) is 0 Å². The zero-order valence-electron chi connectivity index (χ0n) is 13.5. The van der Waals surface area contributed by atoms with E-state index in [2.05, 4.69) is 0 Å². The summed E-state index contributed by atoms with van der Waals surface area (Å²) in [7, 11) is -3.07. The molecular formula is C19H23O3P. The molecule has 23 heavy (non-hydrogen) atoms. The zero-order valence-corrected chi connectivity index (χ0v) is 14.4. The zero-order chi connectivity index (χ0) is 16.9. The van der Waals surface area contributed by atoms with E-state index in [4.69, 9.17) is 0 Å². The van der Waals surface area contributed by atoms with Crippen molar-refractivity contribution in [2.75, 3.05) is 6.61 Å². The summed E-state index contributed by atoms with van der Waals surface area (Å²) in [5, 5.41) is 21.2. The Morgan fingerprint density at radius 3 is 1.78 bits per heavy atom. The first kappa shape index (κ1) is 17.7. The van der Waals surface area contributed by atoms with Gasteiger partial charge in [0, 0.05) is 10.6 Å². The van der Waals surface area contributed by atoms with E-state index in [0.717, 1.165) is 10.6 Å². The second kappa shape index (κ2) is 7.74. The Morgan fingerprint density at radius 2 is 1.43 bits per heavy atom. The smallest absolute Gasteiger partial charge is 0.167 e. The Balaban J connectivity index is 2.72. The van der Waals surface area contributed by atoms with Gasteiger partial charge in [-0.1, -0.05) is 74.5 Å². The number of allylic oxidation sites excluding steroid dienone is 1. The van der Waals surface area contributed by atoms with E-state index in [9.17, 15) is 14.8 Å². The van der Waals surface area contributed by atoms with E-state index in [1.165, 1.54) is 0 Å². The molecule has 0 radical (unpaired) electrons. The van der Waals surface area contributed by atoms with Gasteiger partial charge in [-0.05, 0) is 17.3 Å². The predicted molar refractivity (Wildman–Crippen MR) is 95.8 cm³/mol. The predicted octanol–water partition coefficient (Wildman–Crippen LogP) is 2.89. The molecule has 0 aliphatic heterocycles. The van der Waals surface area contributed by atoms with Crippen molar-refractivity contribution in [1.82, 2.24) is 0 Å². The van der Waals surface area contributed by atoms with E-state index in [1.54, 1.807) is 6.08 Å². The number of rotatable bonds is 6. The first-order chi connectivity index (χ1) is 11.0. The fraction of sp³-hybridized carbons (Fsp3) is 0.263. The van der Waals surface area contributed by atoms with Gasteiger partial charge in [0.15, 0.2) is 7.14 Å². The highest BCUT2D eigenvalue weighted by molar-refractivity contribution is 7.82. The molecular weight excluding hydrogens is 307 g/mol. The maximum absolute atomic E-state index is 14.1. The molecule has 0 spiro atoms. The Bertz CT molecular complexity index is 650. The molecule has 0 amide bonds. The van der Waals surface area contributed by atoms with E-state index in [-0.39, 0.29) is 12.5 Å². The number of aliphatic hydroxyl groups excluding tert-OH is 2. The molecule has 3 nitrogen and oxygen atoms in total. The van der Waals surface area contributed by atoms with E-state index < -0.39 is 13.2 Å². The molecule has 0 aliphatic rings. The maximum Gasteiger partial charge on any atom is 0.167 e. The van der Waals surface area contributed by atoms with Crippen LogP contribution in [0.4, 0.5) is 0 Å². The SMILES string of the molecule is CC(C)/C(=C\[C@H](O)CO)P(=O)(c1ccccc1)c1ccccc1. The second-order valence-electron chi connectivity index (χ2n) is 5.78. The minimum atomic E-state index is -3.07. The summed E-state index contributed by atoms with van der Waals surface area (Å²) < 4.78 is 14.1. The third-order valence-electron chi connectivity index (χ3n) is 3.74. The van der Waals surface area contributed by atoms with Gasteiger partial charge < -0.3 is 14.8 Å². The quantitative estimate of drug-likeness (QED) is 0.801. The topological polar surface area (TPSA) is 57.5 Å². The summed E-state index contributed by atoms with van der Waals surface area (Å²) in [6.07, 6.45) is 0.527. The molecule has 0 saturated carbocycles. The van der Waals surface area contributed by atoms with Gasteiger partial charge in [-0.15, -0.1) is 0 Å². The number of hydrogen-bond donors (Lipinski definition) is 2. The van der Waals surface area contributed by atoms with Crippen molar-refractivity contribution in [1.29, 1.82) is 0 Å². The van der Waals surface area contributed by atoms with Crippen LogP contribution in [0, 0.1) is 5.92 Å². The highest BCUT2D eigenvalue weighted by Crippen LogP contribution is 2.54. The van der Waals surface area contributed by atoms with Crippen LogP contribution in [0.1, 0.15) is 13.8 Å². The van der Waals surface area contributed by atoms with Gasteiger partial charge in [-0.25, -0.2) is 0 Å². The van der Waals surface area contributed by atoms with Crippen LogP contribution in [0.2, 0.25) is 0 Å². The normalized spacial score (nSPS) is 14.0. The average molecular weight is 330 g/mol. The first-order valence-corrected chi connectivity index (χ1v) is 9.43. The average Bonchev–Trinajstić information content (AvgIpc) is 2.60. The van der Waals surface area contributed by atoms with Gasteiger partial charge in [0.2, 0.25) is 0 Å². The second-order valence-corrected chi connectivity index (χ2v) is 8.54. The van der Waals surface area contributed by atoms with Crippen molar-refractivity contribution in [3.05, 3.63) is 72.1 Å². The Morgan fingerprint density at radius 1 is 1.00 bits per heavy atom. The first-order valence-electron chi connectivity index (χ1n) is 7.72. The van der Waals surface area contributed by atoms with Gasteiger partial charge in [-0.2, -0.15) is 0 Å². The molecule has 2 rings (SSSR count). The summed E-state index contributed by atoms with van der Waals surface area (Å²) in [5.41, 5.74) is 0.